The summed E-state index contributed by atoms with van der Waals surface area (Å²) in [4.78, 5) is 25.2. The van der Waals surface area contributed by atoms with Crippen molar-refractivity contribution in [3.8, 4) is 0 Å². The first-order valence-corrected chi connectivity index (χ1v) is 6.93. The van der Waals surface area contributed by atoms with Crippen LogP contribution in [0.4, 0.5) is 5.69 Å². The predicted octanol–water partition coefficient (Wildman–Crippen LogP) is 1.80. The van der Waals surface area contributed by atoms with Crippen LogP contribution >= 0.6 is 0 Å². The third-order valence-corrected chi connectivity index (χ3v) is 3.43. The van der Waals surface area contributed by atoms with Crippen molar-refractivity contribution in [1.82, 2.24) is 4.90 Å². The summed E-state index contributed by atoms with van der Waals surface area (Å²) >= 11 is 0. The van der Waals surface area contributed by atoms with Crippen LogP contribution in [0.5, 0.6) is 0 Å². The molecule has 0 heterocycles. The first-order valence-electron chi connectivity index (χ1n) is 6.93. The number of carboxylic acid groups (broad SMARTS) is 1. The van der Waals surface area contributed by atoms with Gasteiger partial charge in [-0.15, -0.1) is 0 Å². The molecule has 1 aliphatic carbocycles. The molecule has 1 aliphatic rings. The maximum absolute atomic E-state index is 12.8. The van der Waals surface area contributed by atoms with Crippen LogP contribution in [-0.2, 0) is 4.79 Å². The van der Waals surface area contributed by atoms with Crippen molar-refractivity contribution in [3.05, 3.63) is 29.8 Å². The van der Waals surface area contributed by atoms with Gasteiger partial charge in [0.05, 0.1) is 17.7 Å². The minimum Gasteiger partial charge on any atom is -0.481 e. The number of hydrogen-bond acceptors (Lipinski definition) is 5. The SMILES string of the molecule is C=NN(N=C)c1ccccc1C(=O)N(CCC(=O)O)C1CC1. The quantitative estimate of drug-likeness (QED) is 0.586. The molecule has 22 heavy (non-hydrogen) atoms. The summed E-state index contributed by atoms with van der Waals surface area (Å²) in [6, 6.07) is 6.97. The average Bonchev–Trinajstić information content (AvgIpc) is 3.33. The van der Waals surface area contributed by atoms with E-state index in [0.29, 0.717) is 11.3 Å². The van der Waals surface area contributed by atoms with Gasteiger partial charge >= 0.3 is 5.97 Å². The number of aliphatic carboxylic acids is 1. The van der Waals surface area contributed by atoms with Crippen LogP contribution in [0.1, 0.15) is 29.6 Å². The Kier molecular flexibility index (Phi) is 4.88. The molecular formula is C15H18N4O3. The van der Waals surface area contributed by atoms with E-state index in [1.807, 2.05) is 0 Å². The highest BCUT2D eigenvalue weighted by Gasteiger charge is 2.34. The molecule has 0 radical (unpaired) electrons. The summed E-state index contributed by atoms with van der Waals surface area (Å²) in [5, 5.41) is 17.4. The number of benzene rings is 1. The molecule has 0 spiro atoms. The fraction of sp³-hybridized carbons (Fsp3) is 0.333. The lowest BCUT2D eigenvalue weighted by Gasteiger charge is -2.24. The van der Waals surface area contributed by atoms with Gasteiger partial charge in [-0.2, -0.15) is 15.3 Å². The molecule has 0 bridgehead atoms. The van der Waals surface area contributed by atoms with Crippen molar-refractivity contribution in [2.24, 2.45) is 10.2 Å². The zero-order valence-electron chi connectivity index (χ0n) is 12.2. The predicted molar refractivity (Wildman–Crippen MR) is 84.3 cm³/mol. The highest BCUT2D eigenvalue weighted by atomic mass is 16.4. The van der Waals surface area contributed by atoms with Gasteiger partial charge in [0.2, 0.25) is 0 Å². The summed E-state index contributed by atoms with van der Waals surface area (Å²) in [6.07, 6.45) is 1.72. The van der Waals surface area contributed by atoms with Crippen LogP contribution in [0.15, 0.2) is 34.5 Å². The molecule has 2 rings (SSSR count). The molecular weight excluding hydrogens is 284 g/mol. The standard InChI is InChI=1S/C15H18N4O3/c1-16-19(17-2)13-6-4-3-5-12(13)15(22)18(11-7-8-11)10-9-14(20)21/h3-6,11H,1-2,7-10H2,(H,20,21). The zero-order valence-corrected chi connectivity index (χ0v) is 12.2. The maximum Gasteiger partial charge on any atom is 0.305 e. The Balaban J connectivity index is 2.28. The van der Waals surface area contributed by atoms with Crippen LogP contribution in [0, 0.1) is 0 Å². The van der Waals surface area contributed by atoms with Gasteiger partial charge in [0.15, 0.2) is 0 Å². The maximum atomic E-state index is 12.8. The Morgan fingerprint density at radius 3 is 2.41 bits per heavy atom. The molecule has 1 amide bonds. The van der Waals surface area contributed by atoms with E-state index in [1.54, 1.807) is 29.2 Å². The van der Waals surface area contributed by atoms with Crippen molar-refractivity contribution in [2.75, 3.05) is 11.7 Å². The minimum absolute atomic E-state index is 0.0759. The van der Waals surface area contributed by atoms with Crippen molar-refractivity contribution in [1.29, 1.82) is 0 Å². The van der Waals surface area contributed by atoms with Crippen LogP contribution in [-0.4, -0.2) is 47.9 Å². The number of carboxylic acids is 1. The summed E-state index contributed by atoms with van der Waals surface area (Å²) < 4.78 is 0. The first-order chi connectivity index (χ1) is 10.6. The Bertz CT molecular complexity index is 590. The number of hydrogen-bond donors (Lipinski definition) is 1. The molecule has 1 N–H and O–H groups in total. The second-order valence-corrected chi connectivity index (χ2v) is 4.96. The van der Waals surface area contributed by atoms with Gasteiger partial charge in [-0.3, -0.25) is 9.59 Å². The molecule has 1 aromatic carbocycles. The summed E-state index contributed by atoms with van der Waals surface area (Å²) in [6.45, 7) is 6.99. The number of carbonyl (C=O) groups is 2. The lowest BCUT2D eigenvalue weighted by atomic mass is 10.1. The van der Waals surface area contributed by atoms with Crippen LogP contribution in [0.25, 0.3) is 0 Å². The van der Waals surface area contributed by atoms with Crippen LogP contribution < -0.4 is 5.12 Å². The fourth-order valence-corrected chi connectivity index (χ4v) is 2.23. The van der Waals surface area contributed by atoms with E-state index >= 15 is 0 Å². The second kappa shape index (κ2) is 6.84. The van der Waals surface area contributed by atoms with Crippen LogP contribution in [0.2, 0.25) is 0 Å². The van der Waals surface area contributed by atoms with E-state index in [-0.39, 0.29) is 24.9 Å². The third-order valence-electron chi connectivity index (χ3n) is 3.43. The number of rotatable bonds is 8. The molecule has 0 aliphatic heterocycles. The van der Waals surface area contributed by atoms with Gasteiger partial charge in [-0.05, 0) is 25.0 Å². The highest BCUT2D eigenvalue weighted by Crippen LogP contribution is 2.31. The third kappa shape index (κ3) is 3.49. The summed E-state index contributed by atoms with van der Waals surface area (Å²) in [5.41, 5.74) is 0.873. The molecule has 0 unspecified atom stereocenters. The van der Waals surface area contributed by atoms with Crippen molar-refractivity contribution >= 4 is 31.0 Å². The zero-order chi connectivity index (χ0) is 16.1. The first kappa shape index (κ1) is 15.7. The Morgan fingerprint density at radius 2 is 1.86 bits per heavy atom. The Hall–Kier alpha value is -2.70. The van der Waals surface area contributed by atoms with E-state index < -0.39 is 5.97 Å². The van der Waals surface area contributed by atoms with E-state index in [9.17, 15) is 9.59 Å². The molecule has 0 aromatic heterocycles. The number of hydrazone groups is 2. The molecule has 116 valence electrons. The largest absolute Gasteiger partial charge is 0.481 e. The number of para-hydroxylation sites is 1. The van der Waals surface area contributed by atoms with E-state index in [1.165, 1.54) is 5.12 Å². The van der Waals surface area contributed by atoms with Crippen molar-refractivity contribution in [3.63, 3.8) is 0 Å². The molecule has 1 aromatic rings. The van der Waals surface area contributed by atoms with Gasteiger partial charge in [-0.1, -0.05) is 12.1 Å². The number of carbonyl (C=O) groups excluding carboxylic acids is 1. The topological polar surface area (TPSA) is 85.6 Å². The van der Waals surface area contributed by atoms with E-state index in [4.69, 9.17) is 5.11 Å². The van der Waals surface area contributed by atoms with Crippen LogP contribution in [0.3, 0.4) is 0 Å². The van der Waals surface area contributed by atoms with Crippen molar-refractivity contribution in [2.45, 2.75) is 25.3 Å². The van der Waals surface area contributed by atoms with E-state index in [2.05, 4.69) is 23.6 Å². The Labute approximate surface area is 128 Å². The smallest absolute Gasteiger partial charge is 0.305 e. The molecule has 1 saturated carbocycles. The second-order valence-electron chi connectivity index (χ2n) is 4.96. The lowest BCUT2D eigenvalue weighted by molar-refractivity contribution is -0.137. The number of nitrogens with zero attached hydrogens (tertiary/aromatic N) is 4. The van der Waals surface area contributed by atoms with Gasteiger partial charge in [-0.25, -0.2) is 0 Å². The fourth-order valence-electron chi connectivity index (χ4n) is 2.23. The molecule has 7 heteroatoms. The number of anilines is 1. The van der Waals surface area contributed by atoms with Crippen molar-refractivity contribution < 1.29 is 14.7 Å². The summed E-state index contributed by atoms with van der Waals surface area (Å²) in [7, 11) is 0. The van der Waals surface area contributed by atoms with Gasteiger partial charge < -0.3 is 10.0 Å². The molecule has 7 nitrogen and oxygen atoms in total. The molecule has 1 fully saturated rings. The minimum atomic E-state index is -0.922. The Morgan fingerprint density at radius 1 is 1.23 bits per heavy atom. The molecule has 0 atom stereocenters. The highest BCUT2D eigenvalue weighted by molar-refractivity contribution is 6.00. The van der Waals surface area contributed by atoms with Gasteiger partial charge in [0.25, 0.3) is 5.91 Å². The number of amides is 1. The average molecular weight is 302 g/mol. The monoisotopic (exact) mass is 302 g/mol. The lowest BCUT2D eigenvalue weighted by Crippen LogP contribution is -2.35. The van der Waals surface area contributed by atoms with Gasteiger partial charge in [0.1, 0.15) is 0 Å². The molecule has 0 saturated heterocycles. The summed E-state index contributed by atoms with van der Waals surface area (Å²) in [5.74, 6) is -1.15. The van der Waals surface area contributed by atoms with Gasteiger partial charge in [0, 0.05) is 26.0 Å². The normalized spacial score (nSPS) is 13.3. The van der Waals surface area contributed by atoms with E-state index in [0.717, 1.165) is 12.8 Å².